The molecule has 5 heteroatoms. The number of carbonyl (C=O) groups excluding carboxylic acids is 1. The first kappa shape index (κ1) is 17.9. The second kappa shape index (κ2) is 6.69. The molecule has 0 atom stereocenters. The molecule has 5 nitrogen and oxygen atoms in total. The second-order valence-electron chi connectivity index (χ2n) is 8.01. The number of nitrogens with one attached hydrogen (secondary N) is 1. The van der Waals surface area contributed by atoms with E-state index in [4.69, 9.17) is 4.74 Å². The molecule has 0 saturated carbocycles. The van der Waals surface area contributed by atoms with Gasteiger partial charge in [-0.3, -0.25) is 4.79 Å². The van der Waals surface area contributed by atoms with Crippen LogP contribution in [0.4, 0.5) is 5.69 Å². The SMILES string of the molecule is COc1ccc2c(c1)NC1(CCN(C(=O)c3ccc(C)cc3)CC1)c1cccn1-2. The minimum Gasteiger partial charge on any atom is -0.497 e. The van der Waals surface area contributed by atoms with Crippen LogP contribution in [0.25, 0.3) is 5.69 Å². The number of methoxy groups -OCH3 is 1. The molecule has 3 aromatic rings. The topological polar surface area (TPSA) is 46.5 Å². The second-order valence-corrected chi connectivity index (χ2v) is 8.01. The lowest BCUT2D eigenvalue weighted by atomic mass is 9.82. The maximum atomic E-state index is 12.9. The van der Waals surface area contributed by atoms with Crippen LogP contribution in [0.5, 0.6) is 5.75 Å². The van der Waals surface area contributed by atoms with Crippen LogP contribution in [-0.2, 0) is 5.54 Å². The van der Waals surface area contributed by atoms with Gasteiger partial charge in [-0.05, 0) is 56.2 Å². The molecule has 0 bridgehead atoms. The number of carbonyl (C=O) groups is 1. The van der Waals surface area contributed by atoms with E-state index in [0.717, 1.165) is 48.6 Å². The summed E-state index contributed by atoms with van der Waals surface area (Å²) in [4.78, 5) is 14.9. The first-order chi connectivity index (χ1) is 14.1. The molecule has 1 amide bonds. The summed E-state index contributed by atoms with van der Waals surface area (Å²) in [6.07, 6.45) is 3.85. The van der Waals surface area contributed by atoms with Crippen molar-refractivity contribution in [3.63, 3.8) is 0 Å². The molecule has 1 saturated heterocycles. The van der Waals surface area contributed by atoms with Gasteiger partial charge in [-0.25, -0.2) is 0 Å². The maximum Gasteiger partial charge on any atom is 0.253 e. The number of ether oxygens (including phenoxy) is 1. The fourth-order valence-corrected chi connectivity index (χ4v) is 4.61. The summed E-state index contributed by atoms with van der Waals surface area (Å²) in [5.41, 5.74) is 5.23. The number of hydrogen-bond acceptors (Lipinski definition) is 3. The van der Waals surface area contributed by atoms with E-state index < -0.39 is 0 Å². The van der Waals surface area contributed by atoms with Gasteiger partial charge in [0.15, 0.2) is 0 Å². The van der Waals surface area contributed by atoms with E-state index in [2.05, 4.69) is 40.3 Å². The highest BCUT2D eigenvalue weighted by Crippen LogP contribution is 2.44. The third-order valence-corrected chi connectivity index (χ3v) is 6.28. The van der Waals surface area contributed by atoms with E-state index in [1.807, 2.05) is 42.2 Å². The van der Waals surface area contributed by atoms with Gasteiger partial charge < -0.3 is 19.5 Å². The number of piperidine rings is 1. The van der Waals surface area contributed by atoms with Gasteiger partial charge in [0.1, 0.15) is 5.75 Å². The Morgan fingerprint density at radius 1 is 1.07 bits per heavy atom. The van der Waals surface area contributed by atoms with E-state index in [1.54, 1.807) is 7.11 Å². The van der Waals surface area contributed by atoms with Crippen molar-refractivity contribution in [1.82, 2.24) is 9.47 Å². The van der Waals surface area contributed by atoms with Crippen molar-refractivity contribution in [1.29, 1.82) is 0 Å². The van der Waals surface area contributed by atoms with Crippen LogP contribution in [0.2, 0.25) is 0 Å². The van der Waals surface area contributed by atoms with Gasteiger partial charge in [-0.2, -0.15) is 0 Å². The molecule has 2 aromatic carbocycles. The number of anilines is 1. The molecule has 1 fully saturated rings. The summed E-state index contributed by atoms with van der Waals surface area (Å²) in [6.45, 7) is 3.49. The molecule has 0 unspecified atom stereocenters. The Morgan fingerprint density at radius 2 is 1.83 bits per heavy atom. The highest BCUT2D eigenvalue weighted by molar-refractivity contribution is 5.94. The molecule has 2 aliphatic rings. The van der Waals surface area contributed by atoms with Crippen LogP contribution in [-0.4, -0.2) is 35.6 Å². The van der Waals surface area contributed by atoms with Crippen LogP contribution < -0.4 is 10.1 Å². The molecule has 0 radical (unpaired) electrons. The summed E-state index contributed by atoms with van der Waals surface area (Å²) in [7, 11) is 1.69. The minimum absolute atomic E-state index is 0.119. The summed E-state index contributed by atoms with van der Waals surface area (Å²) >= 11 is 0. The molecule has 1 aromatic heterocycles. The maximum absolute atomic E-state index is 12.9. The van der Waals surface area contributed by atoms with Gasteiger partial charge in [0, 0.05) is 36.6 Å². The fourth-order valence-electron chi connectivity index (χ4n) is 4.61. The molecule has 2 aliphatic heterocycles. The molecular weight excluding hydrogens is 362 g/mol. The number of hydrogen-bond donors (Lipinski definition) is 1. The Hall–Kier alpha value is -3.21. The highest BCUT2D eigenvalue weighted by atomic mass is 16.5. The Bertz CT molecular complexity index is 1060. The number of aryl methyl sites for hydroxylation is 1. The molecule has 0 aliphatic carbocycles. The Morgan fingerprint density at radius 3 is 2.55 bits per heavy atom. The molecule has 3 heterocycles. The smallest absolute Gasteiger partial charge is 0.253 e. The standard InChI is InChI=1S/C24H25N3O2/c1-17-5-7-18(8-6-17)23(28)26-14-11-24(12-15-26)22-4-3-13-27(22)21-10-9-19(29-2)16-20(21)25-24/h3-10,13,16,25H,11-12,14-15H2,1-2H3. The number of nitrogens with zero attached hydrogens (tertiary/aromatic N) is 2. The summed E-state index contributed by atoms with van der Waals surface area (Å²) in [5.74, 6) is 0.960. The van der Waals surface area contributed by atoms with Crippen LogP contribution in [0.3, 0.4) is 0 Å². The highest BCUT2D eigenvalue weighted by Gasteiger charge is 2.42. The Labute approximate surface area is 170 Å². The lowest BCUT2D eigenvalue weighted by Crippen LogP contribution is -2.51. The van der Waals surface area contributed by atoms with Crippen molar-refractivity contribution in [3.8, 4) is 11.4 Å². The zero-order valence-corrected chi connectivity index (χ0v) is 16.8. The van der Waals surface area contributed by atoms with Crippen LogP contribution >= 0.6 is 0 Å². The lowest BCUT2D eigenvalue weighted by Gasteiger charge is -2.46. The fraction of sp³-hybridized carbons (Fsp3) is 0.292. The molecule has 1 N–H and O–H groups in total. The summed E-state index contributed by atoms with van der Waals surface area (Å²) in [5, 5.41) is 3.80. The number of benzene rings is 2. The predicted molar refractivity (Wildman–Crippen MR) is 114 cm³/mol. The number of fused-ring (bicyclic) bond motifs is 4. The van der Waals surface area contributed by atoms with Gasteiger partial charge in [-0.1, -0.05) is 17.7 Å². The van der Waals surface area contributed by atoms with Crippen LogP contribution in [0, 0.1) is 6.92 Å². The van der Waals surface area contributed by atoms with Crippen LogP contribution in [0.15, 0.2) is 60.8 Å². The molecule has 5 rings (SSSR count). The first-order valence-corrected chi connectivity index (χ1v) is 10.1. The van der Waals surface area contributed by atoms with Crippen LogP contribution in [0.1, 0.15) is 34.5 Å². The number of rotatable bonds is 2. The van der Waals surface area contributed by atoms with E-state index in [1.165, 1.54) is 11.3 Å². The Balaban J connectivity index is 1.41. The van der Waals surface area contributed by atoms with Gasteiger partial charge >= 0.3 is 0 Å². The van der Waals surface area contributed by atoms with Gasteiger partial charge in [0.2, 0.25) is 0 Å². The van der Waals surface area contributed by atoms with E-state index >= 15 is 0 Å². The molecular formula is C24H25N3O2. The van der Waals surface area contributed by atoms with Gasteiger partial charge in [0.25, 0.3) is 5.91 Å². The van der Waals surface area contributed by atoms with Crippen molar-refractivity contribution >= 4 is 11.6 Å². The van der Waals surface area contributed by atoms with Gasteiger partial charge in [0.05, 0.1) is 24.0 Å². The average molecular weight is 387 g/mol. The molecule has 1 spiro atoms. The first-order valence-electron chi connectivity index (χ1n) is 10.1. The monoisotopic (exact) mass is 387 g/mol. The molecule has 148 valence electrons. The normalized spacial score (nSPS) is 16.7. The van der Waals surface area contributed by atoms with Crippen molar-refractivity contribution in [2.45, 2.75) is 25.3 Å². The minimum atomic E-state index is -0.174. The van der Waals surface area contributed by atoms with Crippen molar-refractivity contribution in [2.75, 3.05) is 25.5 Å². The van der Waals surface area contributed by atoms with Gasteiger partial charge in [-0.15, -0.1) is 0 Å². The predicted octanol–water partition coefficient (Wildman–Crippen LogP) is 4.35. The number of aromatic nitrogens is 1. The molecule has 29 heavy (non-hydrogen) atoms. The number of likely N-dealkylation sites (tertiary alicyclic amines) is 1. The zero-order chi connectivity index (χ0) is 20.0. The van der Waals surface area contributed by atoms with Crippen molar-refractivity contribution < 1.29 is 9.53 Å². The summed E-state index contributed by atoms with van der Waals surface area (Å²) < 4.78 is 7.70. The van der Waals surface area contributed by atoms with E-state index in [0.29, 0.717) is 0 Å². The number of amides is 1. The van der Waals surface area contributed by atoms with Crippen molar-refractivity contribution in [2.24, 2.45) is 0 Å². The van der Waals surface area contributed by atoms with E-state index in [-0.39, 0.29) is 11.4 Å². The lowest BCUT2D eigenvalue weighted by molar-refractivity contribution is 0.0676. The average Bonchev–Trinajstić information content (AvgIpc) is 3.25. The third kappa shape index (κ3) is 2.89. The van der Waals surface area contributed by atoms with E-state index in [9.17, 15) is 4.79 Å². The zero-order valence-electron chi connectivity index (χ0n) is 16.8. The Kier molecular flexibility index (Phi) is 4.12. The van der Waals surface area contributed by atoms with Crippen molar-refractivity contribution in [3.05, 3.63) is 77.6 Å². The largest absolute Gasteiger partial charge is 0.497 e. The quantitative estimate of drug-likeness (QED) is 0.711. The summed E-state index contributed by atoms with van der Waals surface area (Å²) in [6, 6.07) is 18.3. The third-order valence-electron chi connectivity index (χ3n) is 6.28.